The summed E-state index contributed by atoms with van der Waals surface area (Å²) in [5.74, 6) is 0.126. The molecule has 0 saturated heterocycles. The fourth-order valence-electron chi connectivity index (χ4n) is 2.13. The Hall–Kier alpha value is -3.22. The van der Waals surface area contributed by atoms with Crippen molar-refractivity contribution in [3.8, 4) is 0 Å². The Morgan fingerprint density at radius 1 is 1.18 bits per heavy atom. The molecular formula is C15H14N6O. The van der Waals surface area contributed by atoms with Gasteiger partial charge in [0.2, 0.25) is 0 Å². The molecule has 5 N–H and O–H groups in total. The van der Waals surface area contributed by atoms with E-state index in [0.29, 0.717) is 23.7 Å². The van der Waals surface area contributed by atoms with Gasteiger partial charge in [-0.2, -0.15) is 0 Å². The minimum Gasteiger partial charge on any atom is -0.398 e. The summed E-state index contributed by atoms with van der Waals surface area (Å²) in [6.45, 7) is 0.364. The molecule has 3 aromatic rings. The van der Waals surface area contributed by atoms with Crippen LogP contribution in [0.3, 0.4) is 0 Å². The van der Waals surface area contributed by atoms with E-state index in [1.807, 2.05) is 18.2 Å². The van der Waals surface area contributed by atoms with Crippen LogP contribution in [0.4, 0.5) is 11.5 Å². The lowest BCUT2D eigenvalue weighted by Crippen LogP contribution is -2.23. The molecule has 110 valence electrons. The predicted molar refractivity (Wildman–Crippen MR) is 83.8 cm³/mol. The number of anilines is 2. The lowest BCUT2D eigenvalue weighted by atomic mass is 10.1. The maximum Gasteiger partial charge on any atom is 0.270 e. The molecular weight excluding hydrogens is 280 g/mol. The van der Waals surface area contributed by atoms with Gasteiger partial charge in [0.05, 0.1) is 5.52 Å². The van der Waals surface area contributed by atoms with Gasteiger partial charge in [-0.1, -0.05) is 6.07 Å². The van der Waals surface area contributed by atoms with Gasteiger partial charge in [0.15, 0.2) is 0 Å². The van der Waals surface area contributed by atoms with E-state index in [2.05, 4.69) is 20.3 Å². The van der Waals surface area contributed by atoms with E-state index in [0.717, 1.165) is 16.5 Å². The van der Waals surface area contributed by atoms with E-state index in [-0.39, 0.29) is 5.91 Å². The Morgan fingerprint density at radius 2 is 2.05 bits per heavy atom. The Bertz CT molecular complexity index is 834. The average Bonchev–Trinajstić information content (AvgIpc) is 2.53. The van der Waals surface area contributed by atoms with Crippen molar-refractivity contribution in [1.29, 1.82) is 0 Å². The van der Waals surface area contributed by atoms with E-state index in [4.69, 9.17) is 11.5 Å². The van der Waals surface area contributed by atoms with E-state index < -0.39 is 0 Å². The van der Waals surface area contributed by atoms with Crippen LogP contribution in [-0.4, -0.2) is 20.9 Å². The molecule has 2 heterocycles. The third kappa shape index (κ3) is 2.78. The molecule has 0 fully saturated rings. The summed E-state index contributed by atoms with van der Waals surface area (Å²) in [7, 11) is 0. The Kier molecular flexibility index (Phi) is 3.53. The second kappa shape index (κ2) is 5.65. The summed E-state index contributed by atoms with van der Waals surface area (Å²) in [4.78, 5) is 23.8. The third-order valence-electron chi connectivity index (χ3n) is 3.19. The Morgan fingerprint density at radius 3 is 2.82 bits per heavy atom. The molecule has 2 aromatic heterocycles. The number of fused-ring (bicyclic) bond motifs is 1. The Balaban J connectivity index is 1.79. The lowest BCUT2D eigenvalue weighted by Gasteiger charge is -2.08. The number of nitrogens with one attached hydrogen (secondary N) is 1. The van der Waals surface area contributed by atoms with Gasteiger partial charge in [0.25, 0.3) is 5.91 Å². The molecule has 0 aliphatic rings. The van der Waals surface area contributed by atoms with Crippen LogP contribution in [0.15, 0.2) is 42.9 Å². The SMILES string of the molecule is Nc1cc(N)c2cc(CNC(=O)c3ccncn3)ccc2n1. The smallest absolute Gasteiger partial charge is 0.270 e. The van der Waals surface area contributed by atoms with Crippen molar-refractivity contribution in [2.24, 2.45) is 0 Å². The second-order valence-electron chi connectivity index (χ2n) is 4.77. The zero-order chi connectivity index (χ0) is 15.5. The molecule has 3 rings (SSSR count). The molecule has 0 aliphatic carbocycles. The number of carbonyl (C=O) groups is 1. The summed E-state index contributed by atoms with van der Waals surface area (Å²) < 4.78 is 0. The van der Waals surface area contributed by atoms with Gasteiger partial charge in [0.1, 0.15) is 17.8 Å². The van der Waals surface area contributed by atoms with Crippen LogP contribution < -0.4 is 16.8 Å². The zero-order valence-electron chi connectivity index (χ0n) is 11.7. The lowest BCUT2D eigenvalue weighted by molar-refractivity contribution is 0.0945. The number of hydrogen-bond acceptors (Lipinski definition) is 6. The number of carbonyl (C=O) groups excluding carboxylic acids is 1. The molecule has 22 heavy (non-hydrogen) atoms. The highest BCUT2D eigenvalue weighted by molar-refractivity contribution is 5.93. The van der Waals surface area contributed by atoms with Crippen LogP contribution in [0.25, 0.3) is 10.9 Å². The molecule has 0 aliphatic heterocycles. The number of benzene rings is 1. The maximum absolute atomic E-state index is 11.9. The van der Waals surface area contributed by atoms with Crippen molar-refractivity contribution in [3.05, 3.63) is 54.1 Å². The van der Waals surface area contributed by atoms with Gasteiger partial charge < -0.3 is 16.8 Å². The van der Waals surface area contributed by atoms with Crippen molar-refractivity contribution >= 4 is 28.3 Å². The number of amides is 1. The van der Waals surface area contributed by atoms with Gasteiger partial charge in [0, 0.05) is 29.9 Å². The van der Waals surface area contributed by atoms with E-state index in [9.17, 15) is 4.79 Å². The molecule has 7 heteroatoms. The van der Waals surface area contributed by atoms with Crippen LogP contribution in [0.2, 0.25) is 0 Å². The first kappa shape index (κ1) is 13.7. The van der Waals surface area contributed by atoms with Gasteiger partial charge >= 0.3 is 0 Å². The first-order chi connectivity index (χ1) is 10.6. The molecule has 0 bridgehead atoms. The van der Waals surface area contributed by atoms with Crippen molar-refractivity contribution in [2.45, 2.75) is 6.54 Å². The normalized spacial score (nSPS) is 10.5. The highest BCUT2D eigenvalue weighted by Crippen LogP contribution is 2.22. The monoisotopic (exact) mass is 294 g/mol. The molecule has 0 atom stereocenters. The summed E-state index contributed by atoms with van der Waals surface area (Å²) >= 11 is 0. The highest BCUT2D eigenvalue weighted by Gasteiger charge is 2.07. The number of nitrogens with zero attached hydrogens (tertiary/aromatic N) is 3. The van der Waals surface area contributed by atoms with E-state index in [1.54, 1.807) is 12.1 Å². The summed E-state index contributed by atoms with van der Waals surface area (Å²) in [6, 6.07) is 8.76. The maximum atomic E-state index is 11.9. The van der Waals surface area contributed by atoms with E-state index in [1.165, 1.54) is 12.5 Å². The largest absolute Gasteiger partial charge is 0.398 e. The van der Waals surface area contributed by atoms with Crippen molar-refractivity contribution in [1.82, 2.24) is 20.3 Å². The van der Waals surface area contributed by atoms with Gasteiger partial charge in [-0.3, -0.25) is 4.79 Å². The molecule has 1 aromatic carbocycles. The van der Waals surface area contributed by atoms with Gasteiger partial charge in [-0.25, -0.2) is 15.0 Å². The average molecular weight is 294 g/mol. The van der Waals surface area contributed by atoms with Gasteiger partial charge in [-0.05, 0) is 23.8 Å². The molecule has 0 saturated carbocycles. The molecule has 7 nitrogen and oxygen atoms in total. The summed E-state index contributed by atoms with van der Waals surface area (Å²) in [6.07, 6.45) is 2.86. The number of pyridine rings is 1. The predicted octanol–water partition coefficient (Wildman–Crippen LogP) is 1.12. The number of nitrogens with two attached hydrogens (primary N) is 2. The standard InChI is InChI=1S/C15H14N6O/c16-11-6-14(17)21-12-2-1-9(5-10(11)12)7-19-15(22)13-3-4-18-8-20-13/h1-6,8H,7H2,(H,19,22)(H4,16,17,21). The second-order valence-corrected chi connectivity index (χ2v) is 4.77. The summed E-state index contributed by atoms with van der Waals surface area (Å²) in [5, 5.41) is 3.60. The van der Waals surface area contributed by atoms with Crippen molar-refractivity contribution in [3.63, 3.8) is 0 Å². The minimum absolute atomic E-state index is 0.258. The molecule has 0 unspecified atom stereocenters. The Labute approximate surface area is 126 Å². The van der Waals surface area contributed by atoms with Crippen LogP contribution >= 0.6 is 0 Å². The number of hydrogen-bond donors (Lipinski definition) is 3. The van der Waals surface area contributed by atoms with Crippen LogP contribution in [0.1, 0.15) is 16.1 Å². The van der Waals surface area contributed by atoms with E-state index >= 15 is 0 Å². The molecule has 0 radical (unpaired) electrons. The topological polar surface area (TPSA) is 120 Å². The third-order valence-corrected chi connectivity index (χ3v) is 3.19. The highest BCUT2D eigenvalue weighted by atomic mass is 16.1. The number of nitrogen functional groups attached to an aromatic ring is 2. The first-order valence-corrected chi connectivity index (χ1v) is 6.62. The van der Waals surface area contributed by atoms with Crippen LogP contribution in [0.5, 0.6) is 0 Å². The van der Waals surface area contributed by atoms with Gasteiger partial charge in [-0.15, -0.1) is 0 Å². The quantitative estimate of drug-likeness (QED) is 0.665. The van der Waals surface area contributed by atoms with Crippen molar-refractivity contribution < 1.29 is 4.79 Å². The summed E-state index contributed by atoms with van der Waals surface area (Å²) in [5.41, 5.74) is 14.1. The fraction of sp³-hybridized carbons (Fsp3) is 0.0667. The first-order valence-electron chi connectivity index (χ1n) is 6.62. The fourth-order valence-corrected chi connectivity index (χ4v) is 2.13. The zero-order valence-corrected chi connectivity index (χ0v) is 11.7. The van der Waals surface area contributed by atoms with Crippen LogP contribution in [0, 0.1) is 0 Å². The number of aromatic nitrogens is 3. The molecule has 0 spiro atoms. The molecule has 1 amide bonds. The number of rotatable bonds is 3. The van der Waals surface area contributed by atoms with Crippen molar-refractivity contribution in [2.75, 3.05) is 11.5 Å². The van der Waals surface area contributed by atoms with Crippen LogP contribution in [-0.2, 0) is 6.54 Å². The minimum atomic E-state index is -0.258.